The van der Waals surface area contributed by atoms with Gasteiger partial charge in [-0.1, -0.05) is 30.3 Å². The summed E-state index contributed by atoms with van der Waals surface area (Å²) in [6.45, 7) is 4.44. The predicted molar refractivity (Wildman–Crippen MR) is 109 cm³/mol. The number of anilines is 3. The number of para-hydroxylation sites is 1. The van der Waals surface area contributed by atoms with E-state index in [1.54, 1.807) is 12.3 Å². The third-order valence-electron chi connectivity index (χ3n) is 4.04. The van der Waals surface area contributed by atoms with Crippen molar-refractivity contribution in [3.63, 3.8) is 0 Å². The van der Waals surface area contributed by atoms with E-state index < -0.39 is 0 Å². The summed E-state index contributed by atoms with van der Waals surface area (Å²) in [6.07, 6.45) is 1.97. The number of carbonyl (C=O) groups excluding carboxylic acids is 1. The molecule has 0 saturated heterocycles. The van der Waals surface area contributed by atoms with Gasteiger partial charge in [-0.2, -0.15) is 0 Å². The lowest BCUT2D eigenvalue weighted by Crippen LogP contribution is -2.16. The van der Waals surface area contributed by atoms with Crippen LogP contribution in [0, 0.1) is 13.8 Å². The van der Waals surface area contributed by atoms with Crippen LogP contribution in [0.5, 0.6) is 5.75 Å². The SMILES string of the molecule is Cc1ccc(C)c(Nc2ccc(NC(=O)CCOc3ccccc3)nc2)c1. The second-order valence-corrected chi connectivity index (χ2v) is 6.34. The molecule has 0 saturated carbocycles. The molecule has 2 aromatic carbocycles. The number of aryl methyl sites for hydroxylation is 2. The monoisotopic (exact) mass is 361 g/mol. The molecule has 0 fully saturated rings. The maximum atomic E-state index is 12.0. The van der Waals surface area contributed by atoms with E-state index in [1.165, 1.54) is 5.56 Å². The van der Waals surface area contributed by atoms with Gasteiger partial charge in [0.1, 0.15) is 11.6 Å². The summed E-state index contributed by atoms with van der Waals surface area (Å²) in [7, 11) is 0. The molecule has 3 rings (SSSR count). The van der Waals surface area contributed by atoms with Crippen molar-refractivity contribution < 1.29 is 9.53 Å². The Morgan fingerprint density at radius 2 is 1.85 bits per heavy atom. The van der Waals surface area contributed by atoms with Gasteiger partial charge in [-0.15, -0.1) is 0 Å². The lowest BCUT2D eigenvalue weighted by atomic mass is 10.1. The Hall–Kier alpha value is -3.34. The second-order valence-electron chi connectivity index (χ2n) is 6.34. The first kappa shape index (κ1) is 18.5. The van der Waals surface area contributed by atoms with Crippen LogP contribution in [0.3, 0.4) is 0 Å². The van der Waals surface area contributed by atoms with Gasteiger partial charge in [-0.25, -0.2) is 4.98 Å². The highest BCUT2D eigenvalue weighted by Crippen LogP contribution is 2.22. The maximum Gasteiger partial charge on any atom is 0.228 e. The van der Waals surface area contributed by atoms with Crippen LogP contribution in [0.2, 0.25) is 0 Å². The lowest BCUT2D eigenvalue weighted by molar-refractivity contribution is -0.116. The average molecular weight is 361 g/mol. The molecule has 5 heteroatoms. The number of pyridine rings is 1. The second kappa shape index (κ2) is 8.85. The fourth-order valence-electron chi connectivity index (χ4n) is 2.55. The van der Waals surface area contributed by atoms with Gasteiger partial charge in [-0.05, 0) is 55.3 Å². The van der Waals surface area contributed by atoms with Crippen molar-refractivity contribution in [3.05, 3.63) is 78.0 Å². The van der Waals surface area contributed by atoms with Gasteiger partial charge in [0, 0.05) is 5.69 Å². The number of nitrogens with one attached hydrogen (secondary N) is 2. The first-order valence-electron chi connectivity index (χ1n) is 8.88. The summed E-state index contributed by atoms with van der Waals surface area (Å²) in [5.74, 6) is 1.14. The molecular weight excluding hydrogens is 338 g/mol. The zero-order valence-corrected chi connectivity index (χ0v) is 15.5. The van der Waals surface area contributed by atoms with E-state index in [1.807, 2.05) is 36.4 Å². The number of amides is 1. The van der Waals surface area contributed by atoms with Gasteiger partial charge in [-0.3, -0.25) is 4.79 Å². The largest absolute Gasteiger partial charge is 0.493 e. The van der Waals surface area contributed by atoms with Crippen LogP contribution in [0.4, 0.5) is 17.2 Å². The highest BCUT2D eigenvalue weighted by Gasteiger charge is 2.05. The Morgan fingerprint density at radius 1 is 1.04 bits per heavy atom. The number of aromatic nitrogens is 1. The topological polar surface area (TPSA) is 63.2 Å². The number of nitrogens with zero attached hydrogens (tertiary/aromatic N) is 1. The van der Waals surface area contributed by atoms with E-state index in [-0.39, 0.29) is 12.3 Å². The van der Waals surface area contributed by atoms with Crippen molar-refractivity contribution in [1.82, 2.24) is 4.98 Å². The van der Waals surface area contributed by atoms with E-state index in [0.29, 0.717) is 12.4 Å². The molecule has 3 aromatic rings. The molecule has 1 aromatic heterocycles. The summed E-state index contributed by atoms with van der Waals surface area (Å²) >= 11 is 0. The predicted octanol–water partition coefficient (Wildman–Crippen LogP) is 4.85. The molecule has 0 bridgehead atoms. The van der Waals surface area contributed by atoms with Crippen LogP contribution < -0.4 is 15.4 Å². The molecule has 0 spiro atoms. The Balaban J connectivity index is 1.49. The van der Waals surface area contributed by atoms with E-state index in [2.05, 4.69) is 47.7 Å². The molecule has 0 radical (unpaired) electrons. The number of hydrogen-bond acceptors (Lipinski definition) is 4. The minimum atomic E-state index is -0.131. The summed E-state index contributed by atoms with van der Waals surface area (Å²) in [4.78, 5) is 16.3. The molecule has 0 aliphatic carbocycles. The summed E-state index contributed by atoms with van der Waals surface area (Å²) in [5.41, 5.74) is 4.27. The highest BCUT2D eigenvalue weighted by molar-refractivity contribution is 5.89. The smallest absolute Gasteiger partial charge is 0.228 e. The fraction of sp³-hybridized carbons (Fsp3) is 0.182. The molecule has 0 aliphatic rings. The zero-order chi connectivity index (χ0) is 19.1. The van der Waals surface area contributed by atoms with Gasteiger partial charge in [0.2, 0.25) is 5.91 Å². The van der Waals surface area contributed by atoms with Gasteiger partial charge in [0.15, 0.2) is 0 Å². The molecule has 138 valence electrons. The van der Waals surface area contributed by atoms with Crippen LogP contribution in [0.25, 0.3) is 0 Å². The number of rotatable bonds is 7. The van der Waals surface area contributed by atoms with Crippen molar-refractivity contribution in [2.24, 2.45) is 0 Å². The molecule has 1 amide bonds. The maximum absolute atomic E-state index is 12.0. The van der Waals surface area contributed by atoms with Gasteiger partial charge in [0.25, 0.3) is 0 Å². The van der Waals surface area contributed by atoms with E-state index in [0.717, 1.165) is 22.7 Å². The first-order valence-corrected chi connectivity index (χ1v) is 8.88. The highest BCUT2D eigenvalue weighted by atomic mass is 16.5. The lowest BCUT2D eigenvalue weighted by Gasteiger charge is -2.11. The van der Waals surface area contributed by atoms with E-state index in [4.69, 9.17) is 4.74 Å². The zero-order valence-electron chi connectivity index (χ0n) is 15.5. The van der Waals surface area contributed by atoms with Crippen LogP contribution >= 0.6 is 0 Å². The van der Waals surface area contributed by atoms with E-state index in [9.17, 15) is 4.79 Å². The molecule has 0 atom stereocenters. The summed E-state index contributed by atoms with van der Waals surface area (Å²) < 4.78 is 5.53. The normalized spacial score (nSPS) is 10.3. The minimum absolute atomic E-state index is 0.131. The number of carbonyl (C=O) groups is 1. The Bertz CT molecular complexity index is 893. The van der Waals surface area contributed by atoms with Gasteiger partial charge in [0.05, 0.1) is 24.9 Å². The van der Waals surface area contributed by atoms with Crippen molar-refractivity contribution in [3.8, 4) is 5.75 Å². The van der Waals surface area contributed by atoms with Crippen LogP contribution in [-0.2, 0) is 4.79 Å². The van der Waals surface area contributed by atoms with Gasteiger partial charge < -0.3 is 15.4 Å². The van der Waals surface area contributed by atoms with Crippen LogP contribution in [-0.4, -0.2) is 17.5 Å². The van der Waals surface area contributed by atoms with E-state index >= 15 is 0 Å². The van der Waals surface area contributed by atoms with Crippen molar-refractivity contribution >= 4 is 23.1 Å². The Morgan fingerprint density at radius 3 is 2.59 bits per heavy atom. The van der Waals surface area contributed by atoms with Gasteiger partial charge >= 0.3 is 0 Å². The molecule has 5 nitrogen and oxygen atoms in total. The average Bonchev–Trinajstić information content (AvgIpc) is 2.67. The van der Waals surface area contributed by atoms with Crippen LogP contribution in [0.1, 0.15) is 17.5 Å². The third kappa shape index (κ3) is 5.57. The number of benzene rings is 2. The van der Waals surface area contributed by atoms with Crippen LogP contribution in [0.15, 0.2) is 66.9 Å². The minimum Gasteiger partial charge on any atom is -0.493 e. The third-order valence-corrected chi connectivity index (χ3v) is 4.04. The Labute approximate surface area is 159 Å². The molecule has 27 heavy (non-hydrogen) atoms. The molecular formula is C22H23N3O2. The first-order chi connectivity index (χ1) is 13.1. The summed E-state index contributed by atoms with van der Waals surface area (Å²) in [5, 5.41) is 6.13. The molecule has 2 N–H and O–H groups in total. The van der Waals surface area contributed by atoms with Crippen molar-refractivity contribution in [1.29, 1.82) is 0 Å². The number of ether oxygens (including phenoxy) is 1. The summed E-state index contributed by atoms with van der Waals surface area (Å²) in [6, 6.07) is 19.4. The Kier molecular flexibility index (Phi) is 6.05. The van der Waals surface area contributed by atoms with Crippen molar-refractivity contribution in [2.75, 3.05) is 17.2 Å². The fourth-order valence-corrected chi connectivity index (χ4v) is 2.55. The number of hydrogen-bond donors (Lipinski definition) is 2. The molecule has 0 aliphatic heterocycles. The standard InChI is InChI=1S/C22H23N3O2/c1-16-8-9-17(2)20(14-16)24-18-10-11-21(23-15-18)25-22(26)12-13-27-19-6-4-3-5-7-19/h3-11,14-15,24H,12-13H2,1-2H3,(H,23,25,26). The van der Waals surface area contributed by atoms with Crippen molar-refractivity contribution in [2.45, 2.75) is 20.3 Å². The quantitative estimate of drug-likeness (QED) is 0.631. The molecule has 0 unspecified atom stereocenters. The molecule has 1 heterocycles.